The van der Waals surface area contributed by atoms with Crippen LogP contribution in [0.5, 0.6) is 5.75 Å². The highest BCUT2D eigenvalue weighted by molar-refractivity contribution is 6.07. The van der Waals surface area contributed by atoms with Gasteiger partial charge in [0.1, 0.15) is 23.9 Å². The lowest BCUT2D eigenvalue weighted by molar-refractivity contribution is 0.0943. The van der Waals surface area contributed by atoms with Crippen LogP contribution in [0.3, 0.4) is 0 Å². The normalized spacial score (nSPS) is 10.8. The van der Waals surface area contributed by atoms with Crippen LogP contribution < -0.4 is 15.4 Å². The highest BCUT2D eigenvalue weighted by Gasteiger charge is 2.20. The second kappa shape index (κ2) is 9.39. The molecule has 0 bridgehead atoms. The Morgan fingerprint density at radius 3 is 2.73 bits per heavy atom. The lowest BCUT2D eigenvalue weighted by Crippen LogP contribution is -2.25. The average Bonchev–Trinajstić information content (AvgIpc) is 3.53. The average molecular weight is 456 g/mol. The van der Waals surface area contributed by atoms with Crippen molar-refractivity contribution in [2.45, 2.75) is 13.2 Å². The van der Waals surface area contributed by atoms with E-state index in [9.17, 15) is 18.4 Å². The minimum absolute atomic E-state index is 0.0132. The minimum Gasteiger partial charge on any atom is -0.483 e. The van der Waals surface area contributed by atoms with Crippen molar-refractivity contribution in [2.24, 2.45) is 7.05 Å². The first-order chi connectivity index (χ1) is 15.9. The molecule has 0 saturated carbocycles. The van der Waals surface area contributed by atoms with E-state index in [1.807, 2.05) is 0 Å². The summed E-state index contributed by atoms with van der Waals surface area (Å²) in [7, 11) is 1.61. The molecular formula is C22H18F2N4O5. The van der Waals surface area contributed by atoms with Crippen LogP contribution in [0.4, 0.5) is 14.5 Å². The SMILES string of the molecule is Cn1cc(NC(=O)c2ccc(COc3ccc(F)cc3F)o2)c(C(=O)NCc2ccco2)n1. The van der Waals surface area contributed by atoms with Crippen molar-refractivity contribution < 1.29 is 31.9 Å². The van der Waals surface area contributed by atoms with Crippen LogP contribution in [0.1, 0.15) is 32.6 Å². The molecule has 0 fully saturated rings. The first kappa shape index (κ1) is 21.8. The molecule has 0 aliphatic carbocycles. The molecule has 0 aliphatic heterocycles. The van der Waals surface area contributed by atoms with Gasteiger partial charge >= 0.3 is 0 Å². The molecule has 170 valence electrons. The van der Waals surface area contributed by atoms with Gasteiger partial charge in [0.15, 0.2) is 23.0 Å². The number of carbonyl (C=O) groups is 2. The molecular weight excluding hydrogens is 438 g/mol. The molecule has 33 heavy (non-hydrogen) atoms. The van der Waals surface area contributed by atoms with Gasteiger partial charge in [-0.25, -0.2) is 8.78 Å². The smallest absolute Gasteiger partial charge is 0.291 e. The molecule has 2 N–H and O–H groups in total. The number of ether oxygens (including phenoxy) is 1. The molecule has 3 heterocycles. The molecule has 0 aliphatic rings. The van der Waals surface area contributed by atoms with Crippen molar-refractivity contribution in [1.29, 1.82) is 0 Å². The summed E-state index contributed by atoms with van der Waals surface area (Å²) in [5.41, 5.74) is 0.196. The Morgan fingerprint density at radius 1 is 1.12 bits per heavy atom. The molecule has 3 aromatic heterocycles. The number of furan rings is 2. The molecule has 11 heteroatoms. The number of carbonyl (C=O) groups excluding carboxylic acids is 2. The number of aryl methyl sites for hydroxylation is 1. The van der Waals surface area contributed by atoms with Crippen LogP contribution in [-0.2, 0) is 20.2 Å². The topological polar surface area (TPSA) is 112 Å². The predicted molar refractivity (Wildman–Crippen MR) is 110 cm³/mol. The third kappa shape index (κ3) is 5.26. The standard InChI is InChI=1S/C22H18F2N4O5/c1-28-11-17(20(27-28)22(30)25-10-14-3-2-8-31-14)26-21(29)19-7-5-15(33-19)12-32-18-6-4-13(23)9-16(18)24/h2-9,11H,10,12H2,1H3,(H,25,30)(H,26,29). The summed E-state index contributed by atoms with van der Waals surface area (Å²) in [5, 5.41) is 9.33. The highest BCUT2D eigenvalue weighted by atomic mass is 19.1. The Labute approximate surface area is 185 Å². The largest absolute Gasteiger partial charge is 0.483 e. The van der Waals surface area contributed by atoms with E-state index in [4.69, 9.17) is 13.6 Å². The van der Waals surface area contributed by atoms with Crippen LogP contribution >= 0.6 is 0 Å². The summed E-state index contributed by atoms with van der Waals surface area (Å²) in [6.07, 6.45) is 2.97. The number of hydrogen-bond acceptors (Lipinski definition) is 6. The summed E-state index contributed by atoms with van der Waals surface area (Å²) < 4.78 is 43.9. The van der Waals surface area contributed by atoms with Crippen molar-refractivity contribution in [3.05, 3.63) is 89.5 Å². The first-order valence-electron chi connectivity index (χ1n) is 9.71. The Hall–Kier alpha value is -4.41. The number of amides is 2. The Morgan fingerprint density at radius 2 is 1.97 bits per heavy atom. The summed E-state index contributed by atoms with van der Waals surface area (Å²) in [4.78, 5) is 25.1. The van der Waals surface area contributed by atoms with Crippen LogP contribution in [0.2, 0.25) is 0 Å². The second-order valence-electron chi connectivity index (χ2n) is 6.91. The van der Waals surface area contributed by atoms with Crippen LogP contribution in [-0.4, -0.2) is 21.6 Å². The summed E-state index contributed by atoms with van der Waals surface area (Å²) in [5.74, 6) is -2.10. The van der Waals surface area contributed by atoms with Crippen molar-refractivity contribution in [3.8, 4) is 5.75 Å². The monoisotopic (exact) mass is 456 g/mol. The number of aromatic nitrogens is 2. The van der Waals surface area contributed by atoms with Crippen LogP contribution in [0.25, 0.3) is 0 Å². The Balaban J connectivity index is 1.38. The van der Waals surface area contributed by atoms with E-state index in [0.29, 0.717) is 11.8 Å². The lowest BCUT2D eigenvalue weighted by atomic mass is 10.3. The minimum atomic E-state index is -0.853. The molecule has 1 aromatic carbocycles. The van der Waals surface area contributed by atoms with Gasteiger partial charge in [0.2, 0.25) is 0 Å². The van der Waals surface area contributed by atoms with Gasteiger partial charge in [0.25, 0.3) is 11.8 Å². The van der Waals surface area contributed by atoms with Gasteiger partial charge in [-0.2, -0.15) is 5.10 Å². The summed E-state index contributed by atoms with van der Waals surface area (Å²) in [6, 6.07) is 9.22. The fourth-order valence-electron chi connectivity index (χ4n) is 2.91. The van der Waals surface area contributed by atoms with Gasteiger partial charge in [-0.15, -0.1) is 0 Å². The predicted octanol–water partition coefficient (Wildman–Crippen LogP) is 3.65. The lowest BCUT2D eigenvalue weighted by Gasteiger charge is -2.06. The third-order valence-corrected chi connectivity index (χ3v) is 4.44. The molecule has 0 radical (unpaired) electrons. The van der Waals surface area contributed by atoms with Gasteiger partial charge < -0.3 is 24.2 Å². The van der Waals surface area contributed by atoms with E-state index in [-0.39, 0.29) is 41.8 Å². The number of rotatable bonds is 8. The molecule has 0 atom stereocenters. The van der Waals surface area contributed by atoms with Crippen LogP contribution in [0, 0.1) is 11.6 Å². The maximum atomic E-state index is 13.7. The number of nitrogens with one attached hydrogen (secondary N) is 2. The fraction of sp³-hybridized carbons (Fsp3) is 0.136. The first-order valence-corrected chi connectivity index (χ1v) is 9.71. The summed E-state index contributed by atoms with van der Waals surface area (Å²) >= 11 is 0. The Bertz CT molecular complexity index is 1280. The fourth-order valence-corrected chi connectivity index (χ4v) is 2.91. The molecule has 2 amide bonds. The molecule has 0 saturated heterocycles. The zero-order valence-corrected chi connectivity index (χ0v) is 17.3. The summed E-state index contributed by atoms with van der Waals surface area (Å²) in [6.45, 7) is -0.0187. The molecule has 9 nitrogen and oxygen atoms in total. The molecule has 0 spiro atoms. The van der Waals surface area contributed by atoms with Crippen molar-refractivity contribution in [3.63, 3.8) is 0 Å². The third-order valence-electron chi connectivity index (χ3n) is 4.44. The van der Waals surface area contributed by atoms with Crippen LogP contribution in [0.15, 0.2) is 63.8 Å². The zero-order valence-electron chi connectivity index (χ0n) is 17.3. The number of hydrogen-bond donors (Lipinski definition) is 2. The number of nitrogens with zero attached hydrogens (tertiary/aromatic N) is 2. The number of anilines is 1. The molecule has 0 unspecified atom stereocenters. The molecule has 4 aromatic rings. The number of halogens is 2. The maximum absolute atomic E-state index is 13.7. The van der Waals surface area contributed by atoms with E-state index >= 15 is 0 Å². The van der Waals surface area contributed by atoms with E-state index in [2.05, 4.69) is 15.7 Å². The van der Waals surface area contributed by atoms with Crippen molar-refractivity contribution in [2.75, 3.05) is 5.32 Å². The zero-order chi connectivity index (χ0) is 23.4. The number of benzene rings is 1. The van der Waals surface area contributed by atoms with Gasteiger partial charge in [-0.3, -0.25) is 14.3 Å². The van der Waals surface area contributed by atoms with E-state index in [1.54, 1.807) is 19.2 Å². The van der Waals surface area contributed by atoms with E-state index in [1.165, 1.54) is 29.3 Å². The Kier molecular flexibility index (Phi) is 6.20. The van der Waals surface area contributed by atoms with E-state index < -0.39 is 23.4 Å². The van der Waals surface area contributed by atoms with Gasteiger partial charge in [0, 0.05) is 19.3 Å². The van der Waals surface area contributed by atoms with Gasteiger partial charge in [0.05, 0.1) is 18.5 Å². The molecule has 4 rings (SSSR count). The second-order valence-corrected chi connectivity index (χ2v) is 6.91. The van der Waals surface area contributed by atoms with Crippen molar-refractivity contribution >= 4 is 17.5 Å². The quantitative estimate of drug-likeness (QED) is 0.419. The van der Waals surface area contributed by atoms with Gasteiger partial charge in [-0.1, -0.05) is 0 Å². The van der Waals surface area contributed by atoms with Gasteiger partial charge in [-0.05, 0) is 36.4 Å². The highest BCUT2D eigenvalue weighted by Crippen LogP contribution is 2.20. The van der Waals surface area contributed by atoms with E-state index in [0.717, 1.165) is 12.1 Å². The van der Waals surface area contributed by atoms with Crippen molar-refractivity contribution in [1.82, 2.24) is 15.1 Å². The maximum Gasteiger partial charge on any atom is 0.291 e.